The van der Waals surface area contributed by atoms with E-state index in [0.717, 1.165) is 16.6 Å². The number of aryl methyl sites for hydroxylation is 1. The van der Waals surface area contributed by atoms with Crippen molar-refractivity contribution in [2.24, 2.45) is 7.05 Å². The van der Waals surface area contributed by atoms with Gasteiger partial charge >= 0.3 is 0 Å². The molecule has 0 aliphatic rings. The van der Waals surface area contributed by atoms with E-state index in [9.17, 15) is 4.79 Å². The summed E-state index contributed by atoms with van der Waals surface area (Å²) in [6.45, 7) is 0.589. The van der Waals surface area contributed by atoms with E-state index < -0.39 is 0 Å². The normalized spacial score (nSPS) is 11.0. The molecular formula is C14H14N4O. The summed E-state index contributed by atoms with van der Waals surface area (Å²) in [5.74, 6) is 0. The Hall–Kier alpha value is -2.56. The fourth-order valence-electron chi connectivity index (χ4n) is 2.22. The highest BCUT2D eigenvalue weighted by atomic mass is 16.1. The lowest BCUT2D eigenvalue weighted by Crippen LogP contribution is -2.11. The Morgan fingerprint density at radius 2 is 2.05 bits per heavy atom. The van der Waals surface area contributed by atoms with Gasteiger partial charge in [-0.3, -0.25) is 9.48 Å². The van der Waals surface area contributed by atoms with Crippen LogP contribution in [0.1, 0.15) is 5.69 Å². The Balaban J connectivity index is 2.06. The second kappa shape index (κ2) is 4.28. The lowest BCUT2D eigenvalue weighted by molar-refractivity contribution is 0.716. The van der Waals surface area contributed by atoms with Crippen molar-refractivity contribution in [2.45, 2.75) is 6.54 Å². The molecule has 0 aliphatic heterocycles. The summed E-state index contributed by atoms with van der Waals surface area (Å²) in [4.78, 5) is 11.3. The SMILES string of the molecule is Cn1nc(Cn2ccc(=O)c(N)c2)c2ccccc21. The van der Waals surface area contributed by atoms with Crippen LogP contribution in [0.5, 0.6) is 0 Å². The van der Waals surface area contributed by atoms with Gasteiger partial charge in [-0.15, -0.1) is 0 Å². The zero-order valence-corrected chi connectivity index (χ0v) is 10.6. The molecule has 0 spiro atoms. The van der Waals surface area contributed by atoms with Gasteiger partial charge in [0.15, 0.2) is 0 Å². The van der Waals surface area contributed by atoms with Gasteiger partial charge in [-0.2, -0.15) is 5.10 Å². The van der Waals surface area contributed by atoms with E-state index in [-0.39, 0.29) is 11.1 Å². The van der Waals surface area contributed by atoms with Crippen LogP contribution < -0.4 is 11.2 Å². The topological polar surface area (TPSA) is 65.8 Å². The molecule has 0 aliphatic carbocycles. The van der Waals surface area contributed by atoms with Crippen molar-refractivity contribution in [1.82, 2.24) is 14.3 Å². The van der Waals surface area contributed by atoms with E-state index in [1.165, 1.54) is 6.07 Å². The van der Waals surface area contributed by atoms with Crippen LogP contribution in [-0.4, -0.2) is 14.3 Å². The van der Waals surface area contributed by atoms with Crippen molar-refractivity contribution in [3.8, 4) is 0 Å². The third-order valence-corrected chi connectivity index (χ3v) is 3.17. The molecule has 96 valence electrons. The molecule has 0 amide bonds. The lowest BCUT2D eigenvalue weighted by atomic mass is 10.2. The van der Waals surface area contributed by atoms with Gasteiger partial charge in [-0.25, -0.2) is 0 Å². The molecule has 0 saturated carbocycles. The number of fused-ring (bicyclic) bond motifs is 1. The molecule has 2 aromatic heterocycles. The Labute approximate surface area is 109 Å². The molecule has 0 unspecified atom stereocenters. The van der Waals surface area contributed by atoms with Crippen LogP contribution in [0.25, 0.3) is 10.9 Å². The number of nitrogens with zero attached hydrogens (tertiary/aromatic N) is 3. The van der Waals surface area contributed by atoms with Gasteiger partial charge in [0, 0.05) is 30.9 Å². The maximum atomic E-state index is 11.3. The van der Waals surface area contributed by atoms with Crippen LogP contribution >= 0.6 is 0 Å². The van der Waals surface area contributed by atoms with E-state index in [0.29, 0.717) is 6.54 Å². The maximum absolute atomic E-state index is 11.3. The highest BCUT2D eigenvalue weighted by Crippen LogP contribution is 2.18. The Bertz CT molecular complexity index is 801. The molecule has 19 heavy (non-hydrogen) atoms. The summed E-state index contributed by atoms with van der Waals surface area (Å²) in [5.41, 5.74) is 7.78. The minimum Gasteiger partial charge on any atom is -0.394 e. The first-order valence-electron chi connectivity index (χ1n) is 6.01. The second-order valence-corrected chi connectivity index (χ2v) is 4.52. The van der Waals surface area contributed by atoms with E-state index in [4.69, 9.17) is 5.73 Å². The molecule has 0 saturated heterocycles. The van der Waals surface area contributed by atoms with Crippen molar-refractivity contribution < 1.29 is 0 Å². The van der Waals surface area contributed by atoms with Gasteiger partial charge < -0.3 is 10.3 Å². The molecule has 2 N–H and O–H groups in total. The molecule has 3 aromatic rings. The molecule has 5 nitrogen and oxygen atoms in total. The number of para-hydroxylation sites is 1. The first kappa shape index (κ1) is 11.5. The van der Waals surface area contributed by atoms with Crippen LogP contribution in [0.15, 0.2) is 47.5 Å². The highest BCUT2D eigenvalue weighted by Gasteiger charge is 2.08. The molecule has 0 fully saturated rings. The van der Waals surface area contributed by atoms with Crippen molar-refractivity contribution in [3.63, 3.8) is 0 Å². The monoisotopic (exact) mass is 254 g/mol. The van der Waals surface area contributed by atoms with Crippen LogP contribution in [0.4, 0.5) is 5.69 Å². The fourth-order valence-corrected chi connectivity index (χ4v) is 2.22. The number of nitrogen functional groups attached to an aromatic ring is 1. The Morgan fingerprint density at radius 3 is 2.84 bits per heavy atom. The number of pyridine rings is 1. The third kappa shape index (κ3) is 1.99. The average molecular weight is 254 g/mol. The molecule has 5 heteroatoms. The highest BCUT2D eigenvalue weighted by molar-refractivity contribution is 5.81. The molecule has 1 aromatic carbocycles. The van der Waals surface area contributed by atoms with Crippen molar-refractivity contribution in [3.05, 3.63) is 58.6 Å². The molecular weight excluding hydrogens is 240 g/mol. The Morgan fingerprint density at radius 1 is 1.26 bits per heavy atom. The lowest BCUT2D eigenvalue weighted by Gasteiger charge is -2.04. The van der Waals surface area contributed by atoms with Crippen molar-refractivity contribution in [2.75, 3.05) is 5.73 Å². The van der Waals surface area contributed by atoms with Gasteiger partial charge in [-0.1, -0.05) is 18.2 Å². The predicted molar refractivity (Wildman–Crippen MR) is 74.9 cm³/mol. The first-order valence-corrected chi connectivity index (χ1v) is 6.01. The molecule has 2 heterocycles. The number of anilines is 1. The van der Waals surface area contributed by atoms with Gasteiger partial charge in [-0.05, 0) is 6.07 Å². The average Bonchev–Trinajstić information content (AvgIpc) is 2.72. The van der Waals surface area contributed by atoms with E-state index in [1.54, 1.807) is 12.4 Å². The third-order valence-electron chi connectivity index (χ3n) is 3.17. The minimum atomic E-state index is -0.151. The van der Waals surface area contributed by atoms with E-state index in [1.807, 2.05) is 40.6 Å². The summed E-state index contributed by atoms with van der Waals surface area (Å²) in [6, 6.07) is 9.54. The Kier molecular flexibility index (Phi) is 2.59. The number of hydrogen-bond donors (Lipinski definition) is 1. The smallest absolute Gasteiger partial charge is 0.204 e. The predicted octanol–water partition coefficient (Wildman–Crippen LogP) is 1.37. The van der Waals surface area contributed by atoms with Crippen LogP contribution in [0.3, 0.4) is 0 Å². The summed E-state index contributed by atoms with van der Waals surface area (Å²) in [7, 11) is 1.92. The first-order chi connectivity index (χ1) is 9.15. The number of rotatable bonds is 2. The van der Waals surface area contributed by atoms with Crippen molar-refractivity contribution >= 4 is 16.6 Å². The van der Waals surface area contributed by atoms with Crippen molar-refractivity contribution in [1.29, 1.82) is 0 Å². The maximum Gasteiger partial charge on any atom is 0.204 e. The van der Waals surface area contributed by atoms with Gasteiger partial charge in [0.2, 0.25) is 5.43 Å². The number of nitrogens with two attached hydrogens (primary N) is 1. The van der Waals surface area contributed by atoms with E-state index in [2.05, 4.69) is 5.10 Å². The minimum absolute atomic E-state index is 0.151. The van der Waals surface area contributed by atoms with Gasteiger partial charge in [0.25, 0.3) is 0 Å². The zero-order chi connectivity index (χ0) is 13.4. The summed E-state index contributed by atoms with van der Waals surface area (Å²) < 4.78 is 3.72. The zero-order valence-electron chi connectivity index (χ0n) is 10.6. The number of aromatic nitrogens is 3. The number of benzene rings is 1. The summed E-state index contributed by atoms with van der Waals surface area (Å²) in [5, 5.41) is 5.63. The van der Waals surface area contributed by atoms with Crippen LogP contribution in [0.2, 0.25) is 0 Å². The van der Waals surface area contributed by atoms with Crippen LogP contribution in [0, 0.1) is 0 Å². The summed E-state index contributed by atoms with van der Waals surface area (Å²) in [6.07, 6.45) is 3.37. The number of hydrogen-bond acceptors (Lipinski definition) is 3. The van der Waals surface area contributed by atoms with Gasteiger partial charge in [0.1, 0.15) is 0 Å². The quantitative estimate of drug-likeness (QED) is 0.751. The molecule has 0 atom stereocenters. The molecule has 0 bridgehead atoms. The van der Waals surface area contributed by atoms with Gasteiger partial charge in [0.05, 0.1) is 23.4 Å². The standard InChI is InChI=1S/C14H14N4O/c1-17-13-5-3-2-4-10(13)12(16-17)9-18-7-6-14(19)11(15)8-18/h2-8H,9,15H2,1H3. The van der Waals surface area contributed by atoms with E-state index >= 15 is 0 Å². The fraction of sp³-hybridized carbons (Fsp3) is 0.143. The largest absolute Gasteiger partial charge is 0.394 e. The van der Waals surface area contributed by atoms with Crippen LogP contribution in [-0.2, 0) is 13.6 Å². The molecule has 0 radical (unpaired) electrons. The molecule has 3 rings (SSSR count). The summed E-state index contributed by atoms with van der Waals surface area (Å²) >= 11 is 0. The second-order valence-electron chi connectivity index (χ2n) is 4.52.